The lowest BCUT2D eigenvalue weighted by Crippen LogP contribution is -2.21. The highest BCUT2D eigenvalue weighted by molar-refractivity contribution is 7.20. The quantitative estimate of drug-likeness (QED) is 0.434. The van der Waals surface area contributed by atoms with E-state index in [1.807, 2.05) is 13.8 Å². The molecule has 0 unspecified atom stereocenters. The molecular formula is C23H23F3N4O2S. The van der Waals surface area contributed by atoms with Crippen molar-refractivity contribution in [2.24, 2.45) is 5.92 Å². The second-order valence-electron chi connectivity index (χ2n) is 7.73. The summed E-state index contributed by atoms with van der Waals surface area (Å²) in [6, 6.07) is 6.19. The van der Waals surface area contributed by atoms with Gasteiger partial charge in [0.25, 0.3) is 5.89 Å². The van der Waals surface area contributed by atoms with Gasteiger partial charge < -0.3 is 9.84 Å². The normalized spacial score (nSPS) is 11.6. The topological polar surface area (TPSA) is 91.8 Å². The number of amides is 1. The fourth-order valence-electron chi connectivity index (χ4n) is 3.51. The predicted octanol–water partition coefficient (Wildman–Crippen LogP) is 6.27. The van der Waals surface area contributed by atoms with E-state index in [0.717, 1.165) is 17.4 Å². The first-order valence-corrected chi connectivity index (χ1v) is 11.2. The number of nitriles is 1. The van der Waals surface area contributed by atoms with Crippen molar-refractivity contribution in [3.05, 3.63) is 51.8 Å². The highest BCUT2D eigenvalue weighted by atomic mass is 32.1. The highest BCUT2D eigenvalue weighted by Gasteiger charge is 2.33. The molecule has 0 bridgehead atoms. The largest absolute Gasteiger partial charge is 0.416 e. The van der Waals surface area contributed by atoms with E-state index in [1.54, 1.807) is 19.9 Å². The van der Waals surface area contributed by atoms with Gasteiger partial charge in [0, 0.05) is 12.3 Å². The summed E-state index contributed by atoms with van der Waals surface area (Å²) in [5.41, 5.74) is 0.662. The number of rotatable bonds is 7. The molecule has 1 aromatic carbocycles. The van der Waals surface area contributed by atoms with Crippen LogP contribution in [-0.4, -0.2) is 16.0 Å². The number of hydrogen-bond donors (Lipinski definition) is 1. The molecule has 10 heteroatoms. The summed E-state index contributed by atoms with van der Waals surface area (Å²) >= 11 is 1.13. The summed E-state index contributed by atoms with van der Waals surface area (Å²) in [7, 11) is 0. The van der Waals surface area contributed by atoms with E-state index in [1.165, 1.54) is 6.07 Å². The summed E-state index contributed by atoms with van der Waals surface area (Å²) in [4.78, 5) is 17.2. The molecule has 1 amide bonds. The van der Waals surface area contributed by atoms with Crippen molar-refractivity contribution in [2.75, 3.05) is 5.32 Å². The Morgan fingerprint density at radius 3 is 2.58 bits per heavy atom. The number of thiophene rings is 1. The zero-order valence-electron chi connectivity index (χ0n) is 18.6. The number of aryl methyl sites for hydroxylation is 1. The van der Waals surface area contributed by atoms with E-state index < -0.39 is 11.7 Å². The van der Waals surface area contributed by atoms with Crippen LogP contribution >= 0.6 is 11.3 Å². The Balaban J connectivity index is 1.91. The molecule has 3 rings (SSSR count). The number of aromatic nitrogens is 2. The van der Waals surface area contributed by atoms with Gasteiger partial charge in [0.2, 0.25) is 5.91 Å². The fourth-order valence-corrected chi connectivity index (χ4v) is 4.59. The Hall–Kier alpha value is -3.19. The van der Waals surface area contributed by atoms with Gasteiger partial charge in [-0.25, -0.2) is 0 Å². The molecule has 0 saturated heterocycles. The molecule has 174 valence electrons. The van der Waals surface area contributed by atoms with Crippen LogP contribution in [0.15, 0.2) is 22.7 Å². The van der Waals surface area contributed by atoms with Gasteiger partial charge in [-0.3, -0.25) is 4.79 Å². The number of carbonyl (C=O) groups is 1. The third-order valence-corrected chi connectivity index (χ3v) is 6.63. The van der Waals surface area contributed by atoms with Gasteiger partial charge in [-0.15, -0.1) is 11.3 Å². The van der Waals surface area contributed by atoms with Gasteiger partial charge in [-0.1, -0.05) is 36.7 Å². The average molecular weight is 477 g/mol. The van der Waals surface area contributed by atoms with E-state index in [4.69, 9.17) is 4.52 Å². The minimum absolute atomic E-state index is 0.0409. The molecule has 2 aromatic heterocycles. The van der Waals surface area contributed by atoms with Crippen LogP contribution in [0, 0.1) is 31.1 Å². The summed E-state index contributed by atoms with van der Waals surface area (Å²) in [6.07, 6.45) is -3.31. The predicted molar refractivity (Wildman–Crippen MR) is 119 cm³/mol. The first-order chi connectivity index (χ1) is 15.6. The summed E-state index contributed by atoms with van der Waals surface area (Å²) in [5.74, 6) is -0.162. The van der Waals surface area contributed by atoms with E-state index in [0.29, 0.717) is 39.4 Å². The zero-order chi connectivity index (χ0) is 24.3. The molecule has 6 nitrogen and oxygen atoms in total. The van der Waals surface area contributed by atoms with Gasteiger partial charge in [0.05, 0.1) is 16.0 Å². The molecule has 0 aliphatic carbocycles. The first-order valence-electron chi connectivity index (χ1n) is 10.4. The van der Waals surface area contributed by atoms with Crippen LogP contribution in [-0.2, 0) is 17.4 Å². The van der Waals surface area contributed by atoms with Crippen molar-refractivity contribution < 1.29 is 22.5 Å². The van der Waals surface area contributed by atoms with Crippen molar-refractivity contribution in [3.8, 4) is 16.8 Å². The van der Waals surface area contributed by atoms with Crippen LogP contribution in [0.5, 0.6) is 0 Å². The van der Waals surface area contributed by atoms with E-state index in [-0.39, 0.29) is 35.5 Å². The minimum atomic E-state index is -4.50. The van der Waals surface area contributed by atoms with Crippen LogP contribution in [0.4, 0.5) is 18.2 Å². The SMILES string of the molecule is CCC(CC)C(=O)Nc1sc(-c2nc(Cc3ccc(C)cc3C(F)(F)F)no2)c(C)c1C#N. The maximum absolute atomic E-state index is 13.4. The van der Waals surface area contributed by atoms with Gasteiger partial charge in [-0.05, 0) is 43.9 Å². The second kappa shape index (κ2) is 9.75. The lowest BCUT2D eigenvalue weighted by molar-refractivity contribution is -0.138. The van der Waals surface area contributed by atoms with Crippen LogP contribution < -0.4 is 5.32 Å². The average Bonchev–Trinajstić information content (AvgIpc) is 3.33. The molecule has 33 heavy (non-hydrogen) atoms. The highest BCUT2D eigenvalue weighted by Crippen LogP contribution is 2.39. The number of nitrogens with one attached hydrogen (secondary N) is 1. The van der Waals surface area contributed by atoms with Gasteiger partial charge in [-0.2, -0.15) is 23.4 Å². The number of carbonyl (C=O) groups excluding carboxylic acids is 1. The molecule has 0 fully saturated rings. The lowest BCUT2D eigenvalue weighted by atomic mass is 10.0. The Kier molecular flexibility index (Phi) is 7.22. The van der Waals surface area contributed by atoms with Gasteiger partial charge >= 0.3 is 6.18 Å². The van der Waals surface area contributed by atoms with Gasteiger partial charge in [0.1, 0.15) is 11.1 Å². The Morgan fingerprint density at radius 2 is 1.97 bits per heavy atom. The zero-order valence-corrected chi connectivity index (χ0v) is 19.4. The van der Waals surface area contributed by atoms with Crippen molar-refractivity contribution in [2.45, 2.75) is 53.1 Å². The van der Waals surface area contributed by atoms with Crippen molar-refractivity contribution in [3.63, 3.8) is 0 Å². The summed E-state index contributed by atoms with van der Waals surface area (Å²) in [6.45, 7) is 7.13. The number of anilines is 1. The minimum Gasteiger partial charge on any atom is -0.333 e. The summed E-state index contributed by atoms with van der Waals surface area (Å²) < 4.78 is 45.6. The number of nitrogens with zero attached hydrogens (tertiary/aromatic N) is 3. The lowest BCUT2D eigenvalue weighted by Gasteiger charge is -2.12. The molecule has 0 spiro atoms. The molecule has 0 aliphatic rings. The van der Waals surface area contributed by atoms with Crippen molar-refractivity contribution in [1.29, 1.82) is 5.26 Å². The first kappa shape index (κ1) is 24.5. The summed E-state index contributed by atoms with van der Waals surface area (Å²) in [5, 5.41) is 16.6. The standard InChI is InChI=1S/C23H23F3N4O2S/c1-5-14(6-2)20(31)29-22-16(11-27)13(4)19(33-22)21-28-18(30-32-21)10-15-8-7-12(3)9-17(15)23(24,25)26/h7-9,14H,5-6,10H2,1-4H3,(H,29,31). The van der Waals surface area contributed by atoms with Crippen LogP contribution in [0.3, 0.4) is 0 Å². The second-order valence-corrected chi connectivity index (χ2v) is 8.75. The molecule has 1 N–H and O–H groups in total. The molecule has 0 saturated carbocycles. The van der Waals surface area contributed by atoms with Crippen molar-refractivity contribution >= 4 is 22.2 Å². The van der Waals surface area contributed by atoms with Crippen LogP contribution in [0.2, 0.25) is 0 Å². The Morgan fingerprint density at radius 1 is 1.27 bits per heavy atom. The third-order valence-electron chi connectivity index (χ3n) is 5.43. The molecule has 0 atom stereocenters. The van der Waals surface area contributed by atoms with E-state index in [9.17, 15) is 23.2 Å². The Bertz CT molecular complexity index is 1200. The fraction of sp³-hybridized carbons (Fsp3) is 0.391. The number of hydrogen-bond acceptors (Lipinski definition) is 6. The molecule has 0 radical (unpaired) electrons. The van der Waals surface area contributed by atoms with E-state index in [2.05, 4.69) is 21.5 Å². The van der Waals surface area contributed by atoms with Crippen LogP contribution in [0.1, 0.15) is 60.3 Å². The Labute approximate surface area is 193 Å². The van der Waals surface area contributed by atoms with Crippen molar-refractivity contribution in [1.82, 2.24) is 10.1 Å². The molecule has 2 heterocycles. The molecular weight excluding hydrogens is 453 g/mol. The van der Waals surface area contributed by atoms with Crippen LogP contribution in [0.25, 0.3) is 10.8 Å². The molecule has 0 aliphatic heterocycles. The van der Waals surface area contributed by atoms with Gasteiger partial charge in [0.15, 0.2) is 5.82 Å². The number of alkyl halides is 3. The maximum atomic E-state index is 13.4. The molecule has 3 aromatic rings. The number of halogens is 3. The van der Waals surface area contributed by atoms with E-state index >= 15 is 0 Å². The smallest absolute Gasteiger partial charge is 0.333 e. The third kappa shape index (κ3) is 5.25. The maximum Gasteiger partial charge on any atom is 0.416 e. The number of benzene rings is 1. The monoisotopic (exact) mass is 476 g/mol.